The van der Waals surface area contributed by atoms with Gasteiger partial charge in [0.25, 0.3) is 0 Å². The highest BCUT2D eigenvalue weighted by Crippen LogP contribution is 2.40. The highest BCUT2D eigenvalue weighted by molar-refractivity contribution is 14.0. The van der Waals surface area contributed by atoms with Crippen molar-refractivity contribution in [3.05, 3.63) is 35.9 Å². The molecule has 0 heterocycles. The first kappa shape index (κ1) is 24.2. The fourth-order valence-corrected chi connectivity index (χ4v) is 3.80. The van der Waals surface area contributed by atoms with E-state index in [0.717, 1.165) is 37.7 Å². The molecular weight excluding hydrogens is 453 g/mol. The molecule has 2 rings (SSSR count). The van der Waals surface area contributed by atoms with Gasteiger partial charge in [-0.05, 0) is 37.2 Å². The highest BCUT2D eigenvalue weighted by atomic mass is 127. The number of aliphatic hydroxyl groups is 1. The zero-order valence-electron chi connectivity index (χ0n) is 16.7. The second-order valence-electron chi connectivity index (χ2n) is 7.25. The maximum absolute atomic E-state index is 9.71. The van der Waals surface area contributed by atoms with Gasteiger partial charge in [-0.3, -0.25) is 4.99 Å². The third kappa shape index (κ3) is 7.95. The lowest BCUT2D eigenvalue weighted by atomic mass is 9.83. The molecule has 1 aliphatic carbocycles. The Bertz CT molecular complexity index is 533. The van der Waals surface area contributed by atoms with Gasteiger partial charge >= 0.3 is 0 Å². The molecule has 0 spiro atoms. The normalized spacial score (nSPS) is 17.2. The summed E-state index contributed by atoms with van der Waals surface area (Å²) in [6.07, 6.45) is 6.23. The monoisotopic (exact) mass is 489 g/mol. The number of aliphatic imine (C=N–C) groups is 1. The molecule has 1 aromatic rings. The predicted octanol–water partition coefficient (Wildman–Crippen LogP) is 3.53. The average molecular weight is 489 g/mol. The summed E-state index contributed by atoms with van der Waals surface area (Å²) in [5.74, 6) is 0.871. The van der Waals surface area contributed by atoms with Crippen molar-refractivity contribution in [1.29, 1.82) is 0 Å². The third-order valence-corrected chi connectivity index (χ3v) is 5.51. The number of nitrogens with zero attached hydrogens (tertiary/aromatic N) is 1. The Morgan fingerprint density at radius 1 is 1.22 bits per heavy atom. The van der Waals surface area contributed by atoms with Gasteiger partial charge in [0.05, 0.1) is 6.61 Å². The van der Waals surface area contributed by atoms with Crippen LogP contribution in [0.25, 0.3) is 0 Å². The molecule has 0 aliphatic heterocycles. The molecule has 1 unspecified atom stereocenters. The Morgan fingerprint density at radius 3 is 2.52 bits per heavy atom. The molecule has 3 N–H and O–H groups in total. The largest absolute Gasteiger partial charge is 0.396 e. The highest BCUT2D eigenvalue weighted by Gasteiger charge is 2.33. The van der Waals surface area contributed by atoms with Gasteiger partial charge in [0.2, 0.25) is 0 Å². The van der Waals surface area contributed by atoms with Gasteiger partial charge in [-0.15, -0.1) is 24.0 Å². The third-order valence-electron chi connectivity index (χ3n) is 5.51. The number of guanidine groups is 1. The molecule has 1 fully saturated rings. The van der Waals surface area contributed by atoms with E-state index in [9.17, 15) is 5.11 Å². The standard InChI is InChI=1S/C21H35N3O2.HI/c1-3-26-14-13-21(11-7-8-12-21)17-24-20(22-2)23-15-19(16-25)18-9-5-4-6-10-18;/h4-6,9-10,19,25H,3,7-8,11-17H2,1-2H3,(H2,22,23,24);1H. The summed E-state index contributed by atoms with van der Waals surface area (Å²) in [7, 11) is 1.80. The van der Waals surface area contributed by atoms with Gasteiger partial charge in [-0.1, -0.05) is 43.2 Å². The molecule has 5 nitrogen and oxygen atoms in total. The zero-order chi connectivity index (χ0) is 18.7. The van der Waals surface area contributed by atoms with Crippen LogP contribution in [0.5, 0.6) is 0 Å². The van der Waals surface area contributed by atoms with Crippen molar-refractivity contribution < 1.29 is 9.84 Å². The number of ether oxygens (including phenoxy) is 1. The number of hydrogen-bond acceptors (Lipinski definition) is 3. The summed E-state index contributed by atoms with van der Waals surface area (Å²) in [5, 5.41) is 16.6. The van der Waals surface area contributed by atoms with Crippen LogP contribution in [0.3, 0.4) is 0 Å². The Hall–Kier alpha value is -0.860. The number of hydrogen-bond donors (Lipinski definition) is 3. The molecule has 1 aliphatic rings. The first-order valence-electron chi connectivity index (χ1n) is 9.91. The van der Waals surface area contributed by atoms with E-state index in [1.54, 1.807) is 7.05 Å². The molecule has 0 bridgehead atoms. The smallest absolute Gasteiger partial charge is 0.191 e. The van der Waals surface area contributed by atoms with Crippen LogP contribution in [0, 0.1) is 5.41 Å². The zero-order valence-corrected chi connectivity index (χ0v) is 19.1. The van der Waals surface area contributed by atoms with Crippen molar-refractivity contribution >= 4 is 29.9 Å². The molecule has 1 atom stereocenters. The van der Waals surface area contributed by atoms with E-state index in [-0.39, 0.29) is 36.5 Å². The molecule has 154 valence electrons. The Labute approximate surface area is 181 Å². The van der Waals surface area contributed by atoms with Crippen molar-refractivity contribution in [1.82, 2.24) is 10.6 Å². The minimum Gasteiger partial charge on any atom is -0.396 e. The quantitative estimate of drug-likeness (QED) is 0.204. The number of nitrogens with one attached hydrogen (secondary N) is 2. The van der Waals surface area contributed by atoms with Crippen LogP contribution in [-0.2, 0) is 4.74 Å². The molecule has 1 aromatic carbocycles. The molecule has 1 saturated carbocycles. The lowest BCUT2D eigenvalue weighted by molar-refractivity contribution is 0.105. The van der Waals surface area contributed by atoms with E-state index in [2.05, 4.69) is 34.7 Å². The number of aliphatic hydroxyl groups excluding tert-OH is 1. The van der Waals surface area contributed by atoms with Crippen LogP contribution in [0.15, 0.2) is 35.3 Å². The summed E-state index contributed by atoms with van der Waals surface area (Å²) in [5.41, 5.74) is 1.46. The first-order valence-corrected chi connectivity index (χ1v) is 9.91. The molecule has 0 saturated heterocycles. The molecule has 0 aromatic heterocycles. The minimum absolute atomic E-state index is 0. The number of benzene rings is 1. The lowest BCUT2D eigenvalue weighted by Crippen LogP contribution is -2.44. The minimum atomic E-state index is 0. The summed E-state index contributed by atoms with van der Waals surface area (Å²) in [6.45, 7) is 5.38. The van der Waals surface area contributed by atoms with E-state index >= 15 is 0 Å². The van der Waals surface area contributed by atoms with Gasteiger partial charge in [0.1, 0.15) is 0 Å². The van der Waals surface area contributed by atoms with E-state index in [1.165, 1.54) is 25.7 Å². The summed E-state index contributed by atoms with van der Waals surface area (Å²) < 4.78 is 5.59. The second-order valence-corrected chi connectivity index (χ2v) is 7.25. The number of halogens is 1. The van der Waals surface area contributed by atoms with Crippen LogP contribution < -0.4 is 10.6 Å². The fourth-order valence-electron chi connectivity index (χ4n) is 3.80. The number of rotatable bonds is 10. The van der Waals surface area contributed by atoms with Crippen molar-refractivity contribution in [2.24, 2.45) is 10.4 Å². The SMILES string of the molecule is CCOCCC1(CNC(=NC)NCC(CO)c2ccccc2)CCCC1.I. The van der Waals surface area contributed by atoms with Gasteiger partial charge < -0.3 is 20.5 Å². The summed E-state index contributed by atoms with van der Waals surface area (Å²) in [6, 6.07) is 10.1. The van der Waals surface area contributed by atoms with Crippen LogP contribution >= 0.6 is 24.0 Å². The van der Waals surface area contributed by atoms with Gasteiger partial charge in [0, 0.05) is 39.3 Å². The maximum Gasteiger partial charge on any atom is 0.191 e. The van der Waals surface area contributed by atoms with E-state index in [1.807, 2.05) is 18.2 Å². The molecule has 0 amide bonds. The van der Waals surface area contributed by atoms with Crippen molar-refractivity contribution in [2.45, 2.75) is 44.9 Å². The van der Waals surface area contributed by atoms with Crippen LogP contribution in [0.2, 0.25) is 0 Å². The van der Waals surface area contributed by atoms with Crippen molar-refractivity contribution in [3.8, 4) is 0 Å². The Kier molecular flexibility index (Phi) is 11.9. The molecule has 0 radical (unpaired) electrons. The fraction of sp³-hybridized carbons (Fsp3) is 0.667. The van der Waals surface area contributed by atoms with Gasteiger partial charge in [-0.2, -0.15) is 0 Å². The Morgan fingerprint density at radius 2 is 1.93 bits per heavy atom. The van der Waals surface area contributed by atoms with Gasteiger partial charge in [-0.25, -0.2) is 0 Å². The predicted molar refractivity (Wildman–Crippen MR) is 123 cm³/mol. The van der Waals surface area contributed by atoms with Crippen LogP contribution in [0.4, 0.5) is 0 Å². The van der Waals surface area contributed by atoms with Gasteiger partial charge in [0.15, 0.2) is 5.96 Å². The molecule has 6 heteroatoms. The second kappa shape index (κ2) is 13.3. The summed E-state index contributed by atoms with van der Waals surface area (Å²) >= 11 is 0. The van der Waals surface area contributed by atoms with E-state index < -0.39 is 0 Å². The summed E-state index contributed by atoms with van der Waals surface area (Å²) in [4.78, 5) is 4.36. The van der Waals surface area contributed by atoms with E-state index in [4.69, 9.17) is 4.74 Å². The topological polar surface area (TPSA) is 65.9 Å². The van der Waals surface area contributed by atoms with Crippen molar-refractivity contribution in [3.63, 3.8) is 0 Å². The van der Waals surface area contributed by atoms with Crippen molar-refractivity contribution in [2.75, 3.05) is 40.0 Å². The average Bonchev–Trinajstić information content (AvgIpc) is 3.15. The molecular formula is C21H36IN3O2. The first-order chi connectivity index (χ1) is 12.7. The van der Waals surface area contributed by atoms with Crippen LogP contribution in [0.1, 0.15) is 50.5 Å². The lowest BCUT2D eigenvalue weighted by Gasteiger charge is -2.30. The molecule has 27 heavy (non-hydrogen) atoms. The van der Waals surface area contributed by atoms with Crippen LogP contribution in [-0.4, -0.2) is 51.0 Å². The van der Waals surface area contributed by atoms with E-state index in [0.29, 0.717) is 12.0 Å². The Balaban J connectivity index is 0.00000364. The maximum atomic E-state index is 9.71.